The Bertz CT molecular complexity index is 788. The van der Waals surface area contributed by atoms with Crippen molar-refractivity contribution in [2.45, 2.75) is 26.4 Å². The number of hydrogen-bond donors (Lipinski definition) is 2. The fourth-order valence-electron chi connectivity index (χ4n) is 2.75. The average molecular weight is 324 g/mol. The molecule has 0 unspecified atom stereocenters. The molecule has 1 atom stereocenters. The molecule has 0 saturated carbocycles. The molecule has 0 amide bonds. The zero-order chi connectivity index (χ0) is 17.3. The van der Waals surface area contributed by atoms with Crippen LogP contribution in [0.2, 0.25) is 0 Å². The topological polar surface area (TPSA) is 66.8 Å². The van der Waals surface area contributed by atoms with Crippen LogP contribution < -0.4 is 4.74 Å². The molecule has 1 aliphatic heterocycles. The van der Waals surface area contributed by atoms with Crippen molar-refractivity contribution >= 4 is 11.9 Å². The molecule has 4 heteroatoms. The first-order valence-electron chi connectivity index (χ1n) is 7.98. The first-order valence-corrected chi connectivity index (χ1v) is 7.98. The molecule has 3 rings (SSSR count). The number of phenolic OH excluding ortho intramolecular Hbond substituents is 2. The Labute approximate surface area is 141 Å². The van der Waals surface area contributed by atoms with E-state index in [1.807, 2.05) is 0 Å². The summed E-state index contributed by atoms with van der Waals surface area (Å²) in [6, 6.07) is 9.88. The van der Waals surface area contributed by atoms with Crippen LogP contribution in [0.15, 0.2) is 42.5 Å². The first-order chi connectivity index (χ1) is 11.5. The summed E-state index contributed by atoms with van der Waals surface area (Å²) in [5, 5.41) is 19.7. The van der Waals surface area contributed by atoms with Crippen LogP contribution in [0.4, 0.5) is 0 Å². The number of carbonyl (C=O) groups excluding carboxylic acids is 1. The fraction of sp³-hybridized carbons (Fsp3) is 0.250. The van der Waals surface area contributed by atoms with Gasteiger partial charge >= 0.3 is 0 Å². The predicted molar refractivity (Wildman–Crippen MR) is 92.5 cm³/mol. The number of carbonyl (C=O) groups is 1. The lowest BCUT2D eigenvalue weighted by atomic mass is 9.98. The molecular weight excluding hydrogens is 304 g/mol. The minimum atomic E-state index is -0.267. The lowest BCUT2D eigenvalue weighted by molar-refractivity contribution is 0.104. The van der Waals surface area contributed by atoms with E-state index in [-0.39, 0.29) is 28.9 Å². The maximum absolute atomic E-state index is 12.4. The summed E-state index contributed by atoms with van der Waals surface area (Å²) in [5.41, 5.74) is 1.78. The summed E-state index contributed by atoms with van der Waals surface area (Å²) in [5.74, 6) is 0.914. The second kappa shape index (κ2) is 6.40. The van der Waals surface area contributed by atoms with Crippen molar-refractivity contribution in [2.75, 3.05) is 0 Å². The van der Waals surface area contributed by atoms with Crippen molar-refractivity contribution in [3.63, 3.8) is 0 Å². The summed E-state index contributed by atoms with van der Waals surface area (Å²) >= 11 is 0. The third-order valence-electron chi connectivity index (χ3n) is 4.25. The van der Waals surface area contributed by atoms with Crippen LogP contribution in [0.1, 0.15) is 35.3 Å². The van der Waals surface area contributed by atoms with Crippen LogP contribution in [-0.4, -0.2) is 22.1 Å². The van der Waals surface area contributed by atoms with E-state index in [1.54, 1.807) is 42.5 Å². The molecule has 1 aliphatic rings. The molecule has 0 aromatic heterocycles. The molecule has 2 aromatic carbocycles. The van der Waals surface area contributed by atoms with Crippen molar-refractivity contribution in [2.24, 2.45) is 5.92 Å². The Morgan fingerprint density at radius 1 is 1.17 bits per heavy atom. The minimum Gasteiger partial charge on any atom is -0.508 e. The second-order valence-electron chi connectivity index (χ2n) is 6.33. The monoisotopic (exact) mass is 324 g/mol. The van der Waals surface area contributed by atoms with Crippen LogP contribution in [0, 0.1) is 5.92 Å². The Morgan fingerprint density at radius 3 is 2.54 bits per heavy atom. The standard InChI is InChI=1S/C20H20O4/c1-12(2)19-11-16-18(24-19)10-8-15(20(16)23)17(22)9-5-13-3-6-14(21)7-4-13/h3-10,12,19,21,23H,11H2,1-2H3/t19-/m1/s1. The number of allylic oxidation sites excluding steroid dienone is 1. The number of fused-ring (bicyclic) bond motifs is 1. The molecule has 4 nitrogen and oxygen atoms in total. The van der Waals surface area contributed by atoms with Crippen molar-refractivity contribution in [1.82, 2.24) is 0 Å². The first kappa shape index (κ1) is 16.1. The molecule has 0 bridgehead atoms. The van der Waals surface area contributed by atoms with Crippen LogP contribution in [-0.2, 0) is 6.42 Å². The highest BCUT2D eigenvalue weighted by atomic mass is 16.5. The van der Waals surface area contributed by atoms with Gasteiger partial charge < -0.3 is 14.9 Å². The van der Waals surface area contributed by atoms with Gasteiger partial charge in [-0.2, -0.15) is 0 Å². The Morgan fingerprint density at radius 2 is 1.88 bits per heavy atom. The third-order valence-corrected chi connectivity index (χ3v) is 4.25. The number of aromatic hydroxyl groups is 2. The maximum Gasteiger partial charge on any atom is 0.189 e. The van der Waals surface area contributed by atoms with E-state index >= 15 is 0 Å². The highest BCUT2D eigenvalue weighted by Crippen LogP contribution is 2.39. The van der Waals surface area contributed by atoms with Gasteiger partial charge in [-0.3, -0.25) is 4.79 Å². The van der Waals surface area contributed by atoms with E-state index in [2.05, 4.69) is 13.8 Å². The van der Waals surface area contributed by atoms with Gasteiger partial charge in [-0.15, -0.1) is 0 Å². The van der Waals surface area contributed by atoms with Crippen LogP contribution in [0.3, 0.4) is 0 Å². The maximum atomic E-state index is 12.4. The van der Waals surface area contributed by atoms with E-state index in [4.69, 9.17) is 4.74 Å². The summed E-state index contributed by atoms with van der Waals surface area (Å²) in [4.78, 5) is 12.4. The molecule has 0 aliphatic carbocycles. The summed E-state index contributed by atoms with van der Waals surface area (Å²) in [6.07, 6.45) is 3.72. The van der Waals surface area contributed by atoms with E-state index < -0.39 is 0 Å². The quantitative estimate of drug-likeness (QED) is 0.660. The van der Waals surface area contributed by atoms with Crippen molar-refractivity contribution in [3.05, 3.63) is 59.2 Å². The zero-order valence-electron chi connectivity index (χ0n) is 13.7. The van der Waals surface area contributed by atoms with Gasteiger partial charge in [0.05, 0.1) is 5.56 Å². The van der Waals surface area contributed by atoms with E-state index in [9.17, 15) is 15.0 Å². The zero-order valence-corrected chi connectivity index (χ0v) is 13.7. The molecule has 1 heterocycles. The summed E-state index contributed by atoms with van der Waals surface area (Å²) in [6.45, 7) is 4.14. The van der Waals surface area contributed by atoms with E-state index in [0.717, 1.165) is 5.56 Å². The number of ether oxygens (including phenoxy) is 1. The van der Waals surface area contributed by atoms with Crippen molar-refractivity contribution in [3.8, 4) is 17.2 Å². The third kappa shape index (κ3) is 3.13. The Balaban J connectivity index is 1.82. The van der Waals surface area contributed by atoms with Gasteiger partial charge in [-0.25, -0.2) is 0 Å². The van der Waals surface area contributed by atoms with Gasteiger partial charge in [0.15, 0.2) is 5.78 Å². The number of ketones is 1. The lowest BCUT2D eigenvalue weighted by Crippen LogP contribution is -2.19. The van der Waals surface area contributed by atoms with Crippen LogP contribution in [0.5, 0.6) is 17.2 Å². The lowest BCUT2D eigenvalue weighted by Gasteiger charge is -2.13. The molecular formula is C20H20O4. The van der Waals surface area contributed by atoms with Crippen LogP contribution >= 0.6 is 0 Å². The Kier molecular flexibility index (Phi) is 4.30. The highest BCUT2D eigenvalue weighted by molar-refractivity contribution is 6.09. The summed E-state index contributed by atoms with van der Waals surface area (Å²) in [7, 11) is 0. The number of benzene rings is 2. The highest BCUT2D eigenvalue weighted by Gasteiger charge is 2.29. The van der Waals surface area contributed by atoms with Gasteiger partial charge in [-0.05, 0) is 41.8 Å². The molecule has 24 heavy (non-hydrogen) atoms. The minimum absolute atomic E-state index is 0.0102. The summed E-state index contributed by atoms with van der Waals surface area (Å²) < 4.78 is 5.81. The van der Waals surface area contributed by atoms with E-state index in [0.29, 0.717) is 23.7 Å². The molecule has 2 N–H and O–H groups in total. The molecule has 0 saturated heterocycles. The van der Waals surface area contributed by atoms with Gasteiger partial charge in [0.2, 0.25) is 0 Å². The fourth-order valence-corrected chi connectivity index (χ4v) is 2.75. The molecule has 124 valence electrons. The predicted octanol–water partition coefficient (Wildman–Crippen LogP) is 3.95. The van der Waals surface area contributed by atoms with Gasteiger partial charge in [0.25, 0.3) is 0 Å². The van der Waals surface area contributed by atoms with Gasteiger partial charge in [-0.1, -0.05) is 32.1 Å². The van der Waals surface area contributed by atoms with Crippen LogP contribution in [0.25, 0.3) is 6.08 Å². The normalized spacial score (nSPS) is 16.4. The molecule has 0 spiro atoms. The number of rotatable bonds is 4. The largest absolute Gasteiger partial charge is 0.508 e. The second-order valence-corrected chi connectivity index (χ2v) is 6.33. The SMILES string of the molecule is CC(C)[C@H]1Cc2c(ccc(C(=O)C=Cc3ccc(O)cc3)c2O)O1. The smallest absolute Gasteiger partial charge is 0.189 e. The van der Waals surface area contributed by atoms with Gasteiger partial charge in [0, 0.05) is 12.0 Å². The Hall–Kier alpha value is -2.75. The number of hydrogen-bond acceptors (Lipinski definition) is 4. The van der Waals surface area contributed by atoms with Crippen molar-refractivity contribution in [1.29, 1.82) is 0 Å². The molecule has 0 radical (unpaired) electrons. The van der Waals surface area contributed by atoms with Gasteiger partial charge in [0.1, 0.15) is 23.4 Å². The van der Waals surface area contributed by atoms with Crippen molar-refractivity contribution < 1.29 is 19.7 Å². The average Bonchev–Trinajstić information content (AvgIpc) is 3.00. The molecule has 2 aromatic rings. The number of phenols is 2. The molecule has 0 fully saturated rings. The van der Waals surface area contributed by atoms with E-state index in [1.165, 1.54) is 6.08 Å².